The third kappa shape index (κ3) is 4.37. The van der Waals surface area contributed by atoms with Gasteiger partial charge >= 0.3 is 0 Å². The summed E-state index contributed by atoms with van der Waals surface area (Å²) >= 11 is 0. The van der Waals surface area contributed by atoms with Gasteiger partial charge in [-0.3, -0.25) is 9.80 Å². The highest BCUT2D eigenvalue weighted by Gasteiger charge is 2.45. The first kappa shape index (κ1) is 21.6. The van der Waals surface area contributed by atoms with Crippen molar-refractivity contribution in [1.29, 1.82) is 0 Å². The Kier molecular flexibility index (Phi) is 6.39. The molecule has 0 amide bonds. The van der Waals surface area contributed by atoms with Crippen molar-refractivity contribution in [2.75, 3.05) is 6.67 Å². The molecule has 1 aliphatic heterocycles. The van der Waals surface area contributed by atoms with E-state index in [1.807, 2.05) is 0 Å². The molecule has 2 heteroatoms. The van der Waals surface area contributed by atoms with E-state index in [1.165, 1.54) is 22.3 Å². The van der Waals surface area contributed by atoms with Crippen molar-refractivity contribution in [1.82, 2.24) is 9.80 Å². The molecule has 0 radical (unpaired) electrons. The zero-order valence-electron chi connectivity index (χ0n) is 19.5. The molecule has 4 aromatic rings. The van der Waals surface area contributed by atoms with Gasteiger partial charge in [0, 0.05) is 12.1 Å². The highest BCUT2D eigenvalue weighted by Crippen LogP contribution is 2.50. The van der Waals surface area contributed by atoms with Gasteiger partial charge in [-0.15, -0.1) is 0 Å². The number of hydrogen-bond donors (Lipinski definition) is 0. The minimum atomic E-state index is 0.259. The Morgan fingerprint density at radius 3 is 1.12 bits per heavy atom. The van der Waals surface area contributed by atoms with Crippen LogP contribution in [0.5, 0.6) is 0 Å². The van der Waals surface area contributed by atoms with Crippen LogP contribution in [0.15, 0.2) is 121 Å². The molecule has 4 atom stereocenters. The van der Waals surface area contributed by atoms with Gasteiger partial charge in [0.2, 0.25) is 0 Å². The fourth-order valence-corrected chi connectivity index (χ4v) is 5.35. The third-order valence-electron chi connectivity index (χ3n) is 7.18. The van der Waals surface area contributed by atoms with Gasteiger partial charge in [-0.25, -0.2) is 0 Å². The molecule has 0 aromatic heterocycles. The van der Waals surface area contributed by atoms with Crippen LogP contribution < -0.4 is 0 Å². The summed E-state index contributed by atoms with van der Waals surface area (Å²) in [6, 6.07) is 45.1. The quantitative estimate of drug-likeness (QED) is 0.310. The summed E-state index contributed by atoms with van der Waals surface area (Å²) in [5, 5.41) is 0. The molecule has 1 aliphatic rings. The Labute approximate surface area is 198 Å². The SMILES string of the molecule is C[C@H](c1ccccc1)N1CN([C@H](C)c2ccccc2)[C@H](c2ccccc2)[C@H]1c1ccccc1. The Morgan fingerprint density at radius 1 is 0.485 bits per heavy atom. The van der Waals surface area contributed by atoms with Gasteiger partial charge in [0.05, 0.1) is 18.8 Å². The Balaban J connectivity index is 1.63. The molecule has 4 aromatic carbocycles. The van der Waals surface area contributed by atoms with Gasteiger partial charge in [0.15, 0.2) is 0 Å². The smallest absolute Gasteiger partial charge is 0.0564 e. The lowest BCUT2D eigenvalue weighted by Gasteiger charge is -2.34. The van der Waals surface area contributed by atoms with Gasteiger partial charge in [-0.05, 0) is 36.1 Å². The lowest BCUT2D eigenvalue weighted by atomic mass is 9.90. The van der Waals surface area contributed by atoms with E-state index in [4.69, 9.17) is 0 Å². The zero-order valence-corrected chi connectivity index (χ0v) is 19.5. The number of nitrogens with zero attached hydrogens (tertiary/aromatic N) is 2. The van der Waals surface area contributed by atoms with Crippen LogP contribution in [-0.2, 0) is 0 Å². The van der Waals surface area contributed by atoms with Crippen LogP contribution in [-0.4, -0.2) is 16.5 Å². The van der Waals surface area contributed by atoms with Gasteiger partial charge in [0.1, 0.15) is 0 Å². The number of rotatable bonds is 6. The lowest BCUT2D eigenvalue weighted by Crippen LogP contribution is -2.30. The normalized spacial score (nSPS) is 21.0. The standard InChI is InChI=1S/C31H32N2/c1-24(26-15-7-3-8-16-26)32-23-33(25(2)27-17-9-4-10-18-27)31(29-21-13-6-14-22-29)30(32)28-19-11-5-12-20-28/h3-22,24-25,30-31H,23H2,1-2H3/t24-,25-,30-,31-/m1/s1. The summed E-state index contributed by atoms with van der Waals surface area (Å²) in [6.07, 6.45) is 0. The molecule has 0 spiro atoms. The van der Waals surface area contributed by atoms with Crippen LogP contribution >= 0.6 is 0 Å². The van der Waals surface area contributed by atoms with Crippen molar-refractivity contribution >= 4 is 0 Å². The van der Waals surface area contributed by atoms with Gasteiger partial charge < -0.3 is 0 Å². The minimum Gasteiger partial charge on any atom is -0.275 e. The molecule has 0 aliphatic carbocycles. The highest BCUT2D eigenvalue weighted by atomic mass is 15.4. The summed E-state index contributed by atoms with van der Waals surface area (Å²) in [5.41, 5.74) is 5.47. The van der Waals surface area contributed by atoms with Crippen LogP contribution in [0, 0.1) is 0 Å². The summed E-state index contributed by atoms with van der Waals surface area (Å²) in [7, 11) is 0. The van der Waals surface area contributed by atoms with Crippen LogP contribution in [0.25, 0.3) is 0 Å². The number of hydrogen-bond acceptors (Lipinski definition) is 2. The second-order valence-corrected chi connectivity index (χ2v) is 9.05. The predicted octanol–water partition coefficient (Wildman–Crippen LogP) is 7.57. The molecule has 1 saturated heterocycles. The molecule has 33 heavy (non-hydrogen) atoms. The van der Waals surface area contributed by atoms with Crippen molar-refractivity contribution in [2.24, 2.45) is 0 Å². The Hall–Kier alpha value is -3.20. The summed E-state index contributed by atoms with van der Waals surface area (Å²) in [6.45, 7) is 5.61. The molecule has 0 bridgehead atoms. The highest BCUT2D eigenvalue weighted by molar-refractivity contribution is 5.32. The van der Waals surface area contributed by atoms with Crippen molar-refractivity contribution in [3.63, 3.8) is 0 Å². The fourth-order valence-electron chi connectivity index (χ4n) is 5.35. The molecule has 2 nitrogen and oxygen atoms in total. The Morgan fingerprint density at radius 2 is 0.788 bits per heavy atom. The van der Waals surface area contributed by atoms with E-state index >= 15 is 0 Å². The second-order valence-electron chi connectivity index (χ2n) is 9.05. The van der Waals surface area contributed by atoms with Gasteiger partial charge in [0.25, 0.3) is 0 Å². The molecule has 5 rings (SSSR count). The van der Waals surface area contributed by atoms with E-state index in [0.29, 0.717) is 12.1 Å². The molecule has 166 valence electrons. The Bertz CT molecular complexity index is 1040. The van der Waals surface area contributed by atoms with E-state index in [1.54, 1.807) is 0 Å². The van der Waals surface area contributed by atoms with Crippen molar-refractivity contribution in [3.05, 3.63) is 144 Å². The van der Waals surface area contributed by atoms with E-state index in [-0.39, 0.29) is 12.1 Å². The third-order valence-corrected chi connectivity index (χ3v) is 7.18. The first-order chi connectivity index (χ1) is 16.2. The predicted molar refractivity (Wildman–Crippen MR) is 137 cm³/mol. The average Bonchev–Trinajstić information content (AvgIpc) is 3.30. The van der Waals surface area contributed by atoms with Crippen LogP contribution in [0.4, 0.5) is 0 Å². The molecular weight excluding hydrogens is 400 g/mol. The van der Waals surface area contributed by atoms with Crippen molar-refractivity contribution < 1.29 is 0 Å². The average molecular weight is 433 g/mol. The molecular formula is C31H32N2. The van der Waals surface area contributed by atoms with Gasteiger partial charge in [-0.1, -0.05) is 121 Å². The first-order valence-corrected chi connectivity index (χ1v) is 12.0. The first-order valence-electron chi connectivity index (χ1n) is 12.0. The van der Waals surface area contributed by atoms with Crippen LogP contribution in [0.2, 0.25) is 0 Å². The van der Waals surface area contributed by atoms with Crippen molar-refractivity contribution in [3.8, 4) is 0 Å². The topological polar surface area (TPSA) is 6.48 Å². The van der Waals surface area contributed by atoms with E-state index in [2.05, 4.69) is 145 Å². The van der Waals surface area contributed by atoms with E-state index in [0.717, 1.165) is 6.67 Å². The lowest BCUT2D eigenvalue weighted by molar-refractivity contribution is 0.149. The molecule has 1 heterocycles. The monoisotopic (exact) mass is 432 g/mol. The maximum atomic E-state index is 2.68. The minimum absolute atomic E-state index is 0.259. The summed E-state index contributed by atoms with van der Waals surface area (Å²) in [5.74, 6) is 0. The molecule has 1 fully saturated rings. The maximum Gasteiger partial charge on any atom is 0.0564 e. The van der Waals surface area contributed by atoms with Gasteiger partial charge in [-0.2, -0.15) is 0 Å². The number of benzene rings is 4. The maximum absolute atomic E-state index is 2.68. The largest absolute Gasteiger partial charge is 0.275 e. The fraction of sp³-hybridized carbons (Fsp3) is 0.226. The molecule has 0 N–H and O–H groups in total. The summed E-state index contributed by atoms with van der Waals surface area (Å²) in [4.78, 5) is 5.36. The molecule has 0 saturated carbocycles. The molecule has 0 unspecified atom stereocenters. The zero-order chi connectivity index (χ0) is 22.6. The van der Waals surface area contributed by atoms with Crippen molar-refractivity contribution in [2.45, 2.75) is 38.0 Å². The van der Waals surface area contributed by atoms with Crippen LogP contribution in [0.1, 0.15) is 60.3 Å². The second kappa shape index (κ2) is 9.74. The van der Waals surface area contributed by atoms with Crippen LogP contribution in [0.3, 0.4) is 0 Å². The van der Waals surface area contributed by atoms with E-state index in [9.17, 15) is 0 Å². The summed E-state index contributed by atoms with van der Waals surface area (Å²) < 4.78 is 0. The van der Waals surface area contributed by atoms with E-state index < -0.39 is 0 Å².